The Bertz CT molecular complexity index is 531. The number of carbonyl (C=O) groups excluding carboxylic acids is 1. The molecule has 0 saturated carbocycles. The van der Waals surface area contributed by atoms with Crippen LogP contribution in [0.25, 0.3) is 0 Å². The van der Waals surface area contributed by atoms with Crippen LogP contribution in [0, 0.1) is 0 Å². The van der Waals surface area contributed by atoms with Crippen molar-refractivity contribution in [2.45, 2.75) is 94.0 Å². The van der Waals surface area contributed by atoms with Crippen molar-refractivity contribution in [3.63, 3.8) is 0 Å². The number of hydrogen-bond donors (Lipinski definition) is 7. The van der Waals surface area contributed by atoms with Crippen LogP contribution in [0.4, 0.5) is 0 Å². The molecule has 176 valence electrons. The number of hydrogen-bond acceptors (Lipinski definition) is 12. The SMILES string of the molecule is CCCCCC(=O)OCC1O[C@H](O[C@H]2OC(CO)[C@@H](O)C(O)C2O)C(O)C(O)[C@@H]1O. The first-order valence-corrected chi connectivity index (χ1v) is 10.0. The van der Waals surface area contributed by atoms with Crippen molar-refractivity contribution < 1.29 is 59.5 Å². The maximum atomic E-state index is 11.8. The average molecular weight is 440 g/mol. The van der Waals surface area contributed by atoms with E-state index >= 15 is 0 Å². The quantitative estimate of drug-likeness (QED) is 0.140. The Morgan fingerprint density at radius 3 is 1.87 bits per heavy atom. The molecule has 7 N–H and O–H groups in total. The van der Waals surface area contributed by atoms with E-state index in [9.17, 15) is 40.5 Å². The van der Waals surface area contributed by atoms with E-state index in [1.807, 2.05) is 6.92 Å². The average Bonchev–Trinajstić information content (AvgIpc) is 2.73. The van der Waals surface area contributed by atoms with Crippen molar-refractivity contribution >= 4 is 5.97 Å². The van der Waals surface area contributed by atoms with E-state index in [-0.39, 0.29) is 6.42 Å². The molecule has 0 aliphatic carbocycles. The zero-order valence-electron chi connectivity index (χ0n) is 16.7. The first-order chi connectivity index (χ1) is 14.2. The first kappa shape index (κ1) is 25.3. The molecule has 30 heavy (non-hydrogen) atoms. The molecule has 2 aliphatic rings. The summed E-state index contributed by atoms with van der Waals surface area (Å²) in [6, 6.07) is 0. The number of rotatable bonds is 9. The van der Waals surface area contributed by atoms with Crippen LogP contribution >= 0.6 is 0 Å². The van der Waals surface area contributed by atoms with Gasteiger partial charge in [-0.15, -0.1) is 0 Å². The van der Waals surface area contributed by atoms with Crippen molar-refractivity contribution in [1.82, 2.24) is 0 Å². The molecule has 2 fully saturated rings. The lowest BCUT2D eigenvalue weighted by Gasteiger charge is -2.44. The van der Waals surface area contributed by atoms with Crippen LogP contribution in [0.2, 0.25) is 0 Å². The molecule has 6 unspecified atom stereocenters. The standard InChI is InChI=1S/C18H32O12/c1-2-3-4-5-10(20)27-7-9-12(22)14(24)16(26)18(29-9)30-17-15(25)13(23)11(21)8(6-19)28-17/h8-9,11-19,21-26H,2-7H2,1H3/t8?,9?,11-,12-,13?,14?,15?,16?,17-,18-/m1/s1. The van der Waals surface area contributed by atoms with E-state index < -0.39 is 80.6 Å². The van der Waals surface area contributed by atoms with Crippen LogP contribution in [0.1, 0.15) is 32.6 Å². The lowest BCUT2D eigenvalue weighted by molar-refractivity contribution is -0.376. The van der Waals surface area contributed by atoms with Gasteiger partial charge in [-0.1, -0.05) is 19.8 Å². The molecule has 12 nitrogen and oxygen atoms in total. The third-order valence-electron chi connectivity index (χ3n) is 5.18. The zero-order valence-corrected chi connectivity index (χ0v) is 16.7. The van der Waals surface area contributed by atoms with E-state index in [1.165, 1.54) is 0 Å². The number of carbonyl (C=O) groups is 1. The summed E-state index contributed by atoms with van der Waals surface area (Å²) in [6.45, 7) is 0.890. The highest BCUT2D eigenvalue weighted by Gasteiger charge is 2.49. The van der Waals surface area contributed by atoms with Gasteiger partial charge in [-0.2, -0.15) is 0 Å². The van der Waals surface area contributed by atoms with Crippen LogP contribution in [0.3, 0.4) is 0 Å². The van der Waals surface area contributed by atoms with Gasteiger partial charge < -0.3 is 54.7 Å². The van der Waals surface area contributed by atoms with E-state index in [0.717, 1.165) is 12.8 Å². The molecular weight excluding hydrogens is 408 g/mol. The van der Waals surface area contributed by atoms with Crippen LogP contribution in [-0.4, -0.2) is 116 Å². The highest BCUT2D eigenvalue weighted by molar-refractivity contribution is 5.69. The topological polar surface area (TPSA) is 196 Å². The van der Waals surface area contributed by atoms with Gasteiger partial charge in [-0.3, -0.25) is 4.79 Å². The summed E-state index contributed by atoms with van der Waals surface area (Å²) >= 11 is 0. The lowest BCUT2D eigenvalue weighted by Crippen LogP contribution is -2.63. The number of esters is 1. The molecule has 0 aromatic heterocycles. The van der Waals surface area contributed by atoms with Crippen LogP contribution in [-0.2, 0) is 23.7 Å². The van der Waals surface area contributed by atoms with Gasteiger partial charge in [-0.25, -0.2) is 0 Å². The molecule has 0 spiro atoms. The molecule has 2 saturated heterocycles. The van der Waals surface area contributed by atoms with Gasteiger partial charge in [0, 0.05) is 6.42 Å². The summed E-state index contributed by atoms with van der Waals surface area (Å²) < 4.78 is 20.9. The predicted octanol–water partition coefficient (Wildman–Crippen LogP) is -3.27. The maximum absolute atomic E-state index is 11.8. The Balaban J connectivity index is 1.97. The fourth-order valence-electron chi connectivity index (χ4n) is 3.25. The molecule has 0 aromatic rings. The molecule has 10 atom stereocenters. The molecule has 2 rings (SSSR count). The van der Waals surface area contributed by atoms with Crippen molar-refractivity contribution in [2.75, 3.05) is 13.2 Å². The van der Waals surface area contributed by atoms with Crippen LogP contribution in [0.15, 0.2) is 0 Å². The summed E-state index contributed by atoms with van der Waals surface area (Å²) in [7, 11) is 0. The lowest BCUT2D eigenvalue weighted by atomic mass is 9.98. The second-order valence-corrected chi connectivity index (χ2v) is 7.49. The van der Waals surface area contributed by atoms with E-state index in [0.29, 0.717) is 6.42 Å². The molecule has 2 heterocycles. The van der Waals surface area contributed by atoms with E-state index in [1.54, 1.807) is 0 Å². The Kier molecular flexibility index (Phi) is 9.81. The number of ether oxygens (including phenoxy) is 4. The fraction of sp³-hybridized carbons (Fsp3) is 0.944. The summed E-state index contributed by atoms with van der Waals surface area (Å²) in [5, 5.41) is 69.2. The zero-order chi connectivity index (χ0) is 22.4. The van der Waals surface area contributed by atoms with Crippen molar-refractivity contribution in [3.05, 3.63) is 0 Å². The summed E-state index contributed by atoms with van der Waals surface area (Å²) in [6.07, 6.45) is -13.3. The minimum Gasteiger partial charge on any atom is -0.463 e. The summed E-state index contributed by atoms with van der Waals surface area (Å²) in [5.74, 6) is -0.508. The number of unbranched alkanes of at least 4 members (excludes halogenated alkanes) is 2. The second-order valence-electron chi connectivity index (χ2n) is 7.49. The molecule has 0 amide bonds. The fourth-order valence-corrected chi connectivity index (χ4v) is 3.25. The Labute approximate surface area is 173 Å². The Morgan fingerprint density at radius 1 is 0.800 bits per heavy atom. The normalized spacial score (nSPS) is 42.1. The monoisotopic (exact) mass is 440 g/mol. The minimum atomic E-state index is -1.76. The van der Waals surface area contributed by atoms with E-state index in [2.05, 4.69) is 0 Å². The largest absolute Gasteiger partial charge is 0.463 e. The first-order valence-electron chi connectivity index (χ1n) is 10.0. The summed E-state index contributed by atoms with van der Waals surface area (Å²) in [4.78, 5) is 11.8. The van der Waals surface area contributed by atoms with Crippen LogP contribution in [0.5, 0.6) is 0 Å². The van der Waals surface area contributed by atoms with Gasteiger partial charge in [0.05, 0.1) is 6.61 Å². The number of aliphatic hydroxyl groups is 7. The highest BCUT2D eigenvalue weighted by atomic mass is 16.8. The Hall–Kier alpha value is -0.930. The molecule has 0 bridgehead atoms. The number of aliphatic hydroxyl groups excluding tert-OH is 7. The molecule has 0 radical (unpaired) electrons. The Morgan fingerprint density at radius 2 is 1.33 bits per heavy atom. The van der Waals surface area contributed by atoms with Gasteiger partial charge in [-0.05, 0) is 6.42 Å². The van der Waals surface area contributed by atoms with Gasteiger partial charge in [0.15, 0.2) is 12.6 Å². The third kappa shape index (κ3) is 6.07. The van der Waals surface area contributed by atoms with Crippen molar-refractivity contribution in [1.29, 1.82) is 0 Å². The minimum absolute atomic E-state index is 0.187. The summed E-state index contributed by atoms with van der Waals surface area (Å²) in [5.41, 5.74) is 0. The molecular formula is C18H32O12. The second kappa shape index (κ2) is 11.6. The maximum Gasteiger partial charge on any atom is 0.305 e. The van der Waals surface area contributed by atoms with Gasteiger partial charge >= 0.3 is 5.97 Å². The van der Waals surface area contributed by atoms with Crippen molar-refractivity contribution in [3.8, 4) is 0 Å². The van der Waals surface area contributed by atoms with E-state index in [4.69, 9.17) is 18.9 Å². The van der Waals surface area contributed by atoms with Gasteiger partial charge in [0.25, 0.3) is 0 Å². The van der Waals surface area contributed by atoms with Gasteiger partial charge in [0.2, 0.25) is 0 Å². The predicted molar refractivity (Wildman–Crippen MR) is 96.6 cm³/mol. The van der Waals surface area contributed by atoms with Crippen molar-refractivity contribution in [2.24, 2.45) is 0 Å². The highest BCUT2D eigenvalue weighted by Crippen LogP contribution is 2.28. The molecule has 12 heteroatoms. The molecule has 0 aromatic carbocycles. The molecule has 2 aliphatic heterocycles. The third-order valence-corrected chi connectivity index (χ3v) is 5.18. The smallest absolute Gasteiger partial charge is 0.305 e. The van der Waals surface area contributed by atoms with Gasteiger partial charge in [0.1, 0.15) is 55.4 Å². The van der Waals surface area contributed by atoms with Crippen LogP contribution < -0.4 is 0 Å².